The van der Waals surface area contributed by atoms with Crippen molar-refractivity contribution in [1.29, 1.82) is 0 Å². The summed E-state index contributed by atoms with van der Waals surface area (Å²) < 4.78 is 17.8. The van der Waals surface area contributed by atoms with Gasteiger partial charge in [0.1, 0.15) is 6.10 Å². The van der Waals surface area contributed by atoms with Crippen LogP contribution in [0.5, 0.6) is 0 Å². The van der Waals surface area contributed by atoms with Crippen molar-refractivity contribution in [3.05, 3.63) is 35.9 Å². The molecule has 1 aromatic rings. The van der Waals surface area contributed by atoms with Crippen LogP contribution in [0.3, 0.4) is 0 Å². The third-order valence-electron chi connectivity index (χ3n) is 8.36. The van der Waals surface area contributed by atoms with Crippen LogP contribution in [0, 0.1) is 17.8 Å². The van der Waals surface area contributed by atoms with Crippen molar-refractivity contribution in [2.45, 2.75) is 83.0 Å². The lowest BCUT2D eigenvalue weighted by atomic mass is 9.78. The number of nitrogens with one attached hydrogen (secondary N) is 1. The molecule has 9 heteroatoms. The van der Waals surface area contributed by atoms with Gasteiger partial charge in [-0.15, -0.1) is 0 Å². The summed E-state index contributed by atoms with van der Waals surface area (Å²) in [4.78, 5) is 30.4. The van der Waals surface area contributed by atoms with Crippen LogP contribution in [-0.4, -0.2) is 85.3 Å². The van der Waals surface area contributed by atoms with E-state index >= 15 is 0 Å². The fourth-order valence-corrected chi connectivity index (χ4v) is 6.57. The average Bonchev–Trinajstić information content (AvgIpc) is 3.19. The van der Waals surface area contributed by atoms with Gasteiger partial charge in [0, 0.05) is 50.1 Å². The lowest BCUT2D eigenvalue weighted by molar-refractivity contribution is -0.153. The summed E-state index contributed by atoms with van der Waals surface area (Å²) in [6, 6.07) is 10.0. The standard InChI is InChI=1S/C29H44N4O5/c1-19(2)16-33(29(35)32-11-6-9-23(30)17-32)12-10-24(13-20-7-4-3-5-8-20)31-28(34)38-26-22-14-21-15-25(26)37-27(21)36-18-22/h3-5,7-8,19,21-27H,6,9-18,30H2,1-2H3,(H,31,34). The first kappa shape index (κ1) is 27.2. The molecular formula is C29H44N4O5. The maximum absolute atomic E-state index is 13.4. The number of ether oxygens (including phenoxy) is 3. The Hall–Kier alpha value is -2.36. The summed E-state index contributed by atoms with van der Waals surface area (Å²) in [7, 11) is 0. The van der Waals surface area contributed by atoms with E-state index in [2.05, 4.69) is 31.3 Å². The highest BCUT2D eigenvalue weighted by Crippen LogP contribution is 2.46. The zero-order valence-corrected chi connectivity index (χ0v) is 22.8. The predicted octanol–water partition coefficient (Wildman–Crippen LogP) is 3.37. The number of piperidine rings is 1. The van der Waals surface area contributed by atoms with Gasteiger partial charge >= 0.3 is 12.1 Å². The molecule has 5 rings (SSSR count). The largest absolute Gasteiger partial charge is 0.443 e. The van der Waals surface area contributed by atoms with Crippen LogP contribution in [0.25, 0.3) is 0 Å². The molecule has 0 aromatic heterocycles. The fourth-order valence-electron chi connectivity index (χ4n) is 6.57. The van der Waals surface area contributed by atoms with Gasteiger partial charge in [-0.05, 0) is 50.0 Å². The number of amides is 3. The molecular weight excluding hydrogens is 484 g/mol. The van der Waals surface area contributed by atoms with E-state index in [1.807, 2.05) is 28.0 Å². The maximum atomic E-state index is 13.4. The first-order valence-corrected chi connectivity index (χ1v) is 14.4. The molecule has 1 aliphatic carbocycles. The van der Waals surface area contributed by atoms with Crippen molar-refractivity contribution in [2.75, 3.05) is 32.8 Å². The lowest BCUT2D eigenvalue weighted by Crippen LogP contribution is -2.52. The predicted molar refractivity (Wildman–Crippen MR) is 143 cm³/mol. The zero-order chi connectivity index (χ0) is 26.6. The Morgan fingerprint density at radius 1 is 1.21 bits per heavy atom. The second-order valence-corrected chi connectivity index (χ2v) is 12.0. The average molecular weight is 529 g/mol. The van der Waals surface area contributed by atoms with Gasteiger partial charge in [0.2, 0.25) is 0 Å². The molecule has 3 bridgehead atoms. The molecule has 210 valence electrons. The first-order valence-electron chi connectivity index (χ1n) is 14.4. The summed E-state index contributed by atoms with van der Waals surface area (Å²) in [5, 5.41) is 3.13. The molecule has 3 aliphatic heterocycles. The molecule has 4 fully saturated rings. The third-order valence-corrected chi connectivity index (χ3v) is 8.36. The van der Waals surface area contributed by atoms with Crippen LogP contribution in [0.15, 0.2) is 30.3 Å². The number of fused-ring (bicyclic) bond motifs is 2. The van der Waals surface area contributed by atoms with Crippen molar-refractivity contribution in [3.63, 3.8) is 0 Å². The van der Waals surface area contributed by atoms with Crippen molar-refractivity contribution in [2.24, 2.45) is 23.5 Å². The van der Waals surface area contributed by atoms with E-state index in [9.17, 15) is 9.59 Å². The van der Waals surface area contributed by atoms with E-state index in [0.29, 0.717) is 50.9 Å². The molecule has 9 nitrogen and oxygen atoms in total. The molecule has 1 aromatic carbocycles. The molecule has 3 saturated heterocycles. The monoisotopic (exact) mass is 528 g/mol. The van der Waals surface area contributed by atoms with Crippen LogP contribution in [0.2, 0.25) is 0 Å². The third kappa shape index (κ3) is 6.61. The second kappa shape index (κ2) is 12.2. The summed E-state index contributed by atoms with van der Waals surface area (Å²) >= 11 is 0. The number of carbonyl (C=O) groups is 2. The van der Waals surface area contributed by atoms with Crippen LogP contribution in [0.4, 0.5) is 9.59 Å². The molecule has 3 heterocycles. The Morgan fingerprint density at radius 2 is 2.03 bits per heavy atom. The van der Waals surface area contributed by atoms with E-state index < -0.39 is 6.09 Å². The van der Waals surface area contributed by atoms with Crippen LogP contribution in [-0.2, 0) is 20.6 Å². The van der Waals surface area contributed by atoms with Gasteiger partial charge in [-0.3, -0.25) is 0 Å². The van der Waals surface area contributed by atoms with Gasteiger partial charge in [0.05, 0.1) is 12.7 Å². The van der Waals surface area contributed by atoms with Gasteiger partial charge in [-0.1, -0.05) is 44.2 Å². The number of hydrogen-bond donors (Lipinski definition) is 2. The molecule has 38 heavy (non-hydrogen) atoms. The van der Waals surface area contributed by atoms with E-state index in [-0.39, 0.29) is 42.5 Å². The van der Waals surface area contributed by atoms with Crippen molar-refractivity contribution < 1.29 is 23.8 Å². The van der Waals surface area contributed by atoms with Gasteiger partial charge in [0.15, 0.2) is 6.29 Å². The quantitative estimate of drug-likeness (QED) is 0.509. The number of urea groups is 1. The maximum Gasteiger partial charge on any atom is 0.407 e. The van der Waals surface area contributed by atoms with Crippen molar-refractivity contribution >= 4 is 12.1 Å². The Morgan fingerprint density at radius 3 is 2.79 bits per heavy atom. The SMILES string of the molecule is CC(C)CN(CCC(Cc1ccccc1)NC(=O)OC1C2COC3OC1CC3C2)C(=O)N1CCCC(N)C1. The molecule has 7 unspecified atom stereocenters. The number of alkyl carbamates (subject to hydrolysis) is 1. The number of likely N-dealkylation sites (tertiary alicyclic amines) is 1. The minimum atomic E-state index is -0.419. The molecule has 0 radical (unpaired) electrons. The molecule has 7 atom stereocenters. The van der Waals surface area contributed by atoms with E-state index in [1.165, 1.54) is 0 Å². The molecule has 0 spiro atoms. The van der Waals surface area contributed by atoms with Crippen molar-refractivity contribution in [3.8, 4) is 0 Å². The normalized spacial score (nSPS) is 30.8. The summed E-state index contributed by atoms with van der Waals surface area (Å²) in [6.45, 7) is 7.38. The Kier molecular flexibility index (Phi) is 8.75. The lowest BCUT2D eigenvalue weighted by Gasteiger charge is -2.37. The van der Waals surface area contributed by atoms with Crippen LogP contribution < -0.4 is 11.1 Å². The summed E-state index contributed by atoms with van der Waals surface area (Å²) in [6.07, 6.45) is 4.14. The molecule has 1 saturated carbocycles. The minimum Gasteiger partial charge on any atom is -0.443 e. The zero-order valence-electron chi connectivity index (χ0n) is 22.8. The number of benzene rings is 1. The Balaban J connectivity index is 1.23. The highest BCUT2D eigenvalue weighted by atomic mass is 16.7. The van der Waals surface area contributed by atoms with Gasteiger partial charge < -0.3 is 35.1 Å². The fraction of sp³-hybridized carbons (Fsp3) is 0.724. The minimum absolute atomic E-state index is 0.0373. The van der Waals surface area contributed by atoms with Gasteiger partial charge in [-0.25, -0.2) is 9.59 Å². The first-order chi connectivity index (χ1) is 18.4. The van der Waals surface area contributed by atoms with Crippen LogP contribution >= 0.6 is 0 Å². The topological polar surface area (TPSA) is 106 Å². The highest BCUT2D eigenvalue weighted by molar-refractivity contribution is 5.74. The number of rotatable bonds is 9. The highest BCUT2D eigenvalue weighted by Gasteiger charge is 2.53. The smallest absolute Gasteiger partial charge is 0.407 e. The van der Waals surface area contributed by atoms with E-state index in [1.54, 1.807) is 0 Å². The number of nitrogens with two attached hydrogens (primary N) is 1. The van der Waals surface area contributed by atoms with Gasteiger partial charge in [0.25, 0.3) is 0 Å². The summed E-state index contributed by atoms with van der Waals surface area (Å²) in [5.41, 5.74) is 7.29. The van der Waals surface area contributed by atoms with Crippen LogP contribution in [0.1, 0.15) is 51.5 Å². The number of carbonyl (C=O) groups excluding carboxylic acids is 2. The Bertz CT molecular complexity index is 938. The van der Waals surface area contributed by atoms with E-state index in [4.69, 9.17) is 19.9 Å². The molecule has 4 aliphatic rings. The molecule has 3 amide bonds. The summed E-state index contributed by atoms with van der Waals surface area (Å²) in [5.74, 6) is 0.944. The van der Waals surface area contributed by atoms with E-state index in [0.717, 1.165) is 37.8 Å². The number of hydrogen-bond acceptors (Lipinski definition) is 6. The second-order valence-electron chi connectivity index (χ2n) is 12.0. The molecule has 3 N–H and O–H groups in total. The van der Waals surface area contributed by atoms with Gasteiger partial charge in [-0.2, -0.15) is 0 Å². The Labute approximate surface area is 226 Å². The van der Waals surface area contributed by atoms with Crippen molar-refractivity contribution in [1.82, 2.24) is 15.1 Å². The number of nitrogens with zero attached hydrogens (tertiary/aromatic N) is 2.